The van der Waals surface area contributed by atoms with Crippen LogP contribution in [0.15, 0.2) is 58.6 Å². The molecule has 24 heavy (non-hydrogen) atoms. The third kappa shape index (κ3) is 2.95. The van der Waals surface area contributed by atoms with Crippen LogP contribution in [0.3, 0.4) is 0 Å². The third-order valence-electron chi connectivity index (χ3n) is 3.89. The van der Waals surface area contributed by atoms with Gasteiger partial charge in [-0.15, -0.1) is 0 Å². The number of hydrogen-bond donors (Lipinski definition) is 0. The van der Waals surface area contributed by atoms with E-state index < -0.39 is 0 Å². The van der Waals surface area contributed by atoms with Gasteiger partial charge >= 0.3 is 0 Å². The highest BCUT2D eigenvalue weighted by Crippen LogP contribution is 2.25. The van der Waals surface area contributed by atoms with Gasteiger partial charge in [-0.3, -0.25) is 19.3 Å². The number of hydrogen-bond acceptors (Lipinski definition) is 3. The standard InChI is InChI=1S/C19H14BrNO3/c1-12(22)14(10-13-6-2-5-9-17(13)20)11-21-18(23)15-7-3-4-8-16(15)19(21)24/h2-10H,11H2,1H3/b14-10+. The molecule has 0 fully saturated rings. The van der Waals surface area contributed by atoms with Gasteiger partial charge in [0.15, 0.2) is 5.78 Å². The maximum Gasteiger partial charge on any atom is 0.261 e. The number of amides is 2. The quantitative estimate of drug-likeness (QED) is 0.597. The van der Waals surface area contributed by atoms with Gasteiger partial charge < -0.3 is 0 Å². The van der Waals surface area contributed by atoms with Crippen LogP contribution < -0.4 is 0 Å². The zero-order valence-electron chi connectivity index (χ0n) is 13.0. The molecule has 0 saturated heterocycles. The van der Waals surface area contributed by atoms with Crippen molar-refractivity contribution in [1.82, 2.24) is 4.90 Å². The minimum Gasteiger partial charge on any atom is -0.295 e. The van der Waals surface area contributed by atoms with Crippen molar-refractivity contribution < 1.29 is 14.4 Å². The molecular weight excluding hydrogens is 370 g/mol. The van der Waals surface area contributed by atoms with Crippen LogP contribution in [0.2, 0.25) is 0 Å². The molecule has 0 N–H and O–H groups in total. The molecule has 0 spiro atoms. The van der Waals surface area contributed by atoms with Gasteiger partial charge in [0.05, 0.1) is 17.7 Å². The topological polar surface area (TPSA) is 54.5 Å². The zero-order chi connectivity index (χ0) is 17.3. The number of ketones is 1. The first-order chi connectivity index (χ1) is 11.5. The van der Waals surface area contributed by atoms with Crippen LogP contribution >= 0.6 is 15.9 Å². The summed E-state index contributed by atoms with van der Waals surface area (Å²) >= 11 is 3.43. The first-order valence-corrected chi connectivity index (χ1v) is 8.19. The fourth-order valence-corrected chi connectivity index (χ4v) is 2.99. The van der Waals surface area contributed by atoms with Crippen molar-refractivity contribution in [2.75, 3.05) is 6.54 Å². The molecule has 1 aliphatic rings. The number of halogens is 1. The predicted molar refractivity (Wildman–Crippen MR) is 94.6 cm³/mol. The fraction of sp³-hybridized carbons (Fsp3) is 0.105. The van der Waals surface area contributed by atoms with Gasteiger partial charge in [0.1, 0.15) is 0 Å². The second-order valence-corrected chi connectivity index (χ2v) is 6.34. The molecule has 0 atom stereocenters. The van der Waals surface area contributed by atoms with Crippen molar-refractivity contribution >= 4 is 39.6 Å². The summed E-state index contributed by atoms with van der Waals surface area (Å²) in [7, 11) is 0. The van der Waals surface area contributed by atoms with Crippen molar-refractivity contribution in [2.24, 2.45) is 0 Å². The number of imide groups is 1. The van der Waals surface area contributed by atoms with E-state index in [0.717, 1.165) is 14.9 Å². The van der Waals surface area contributed by atoms with Crippen molar-refractivity contribution in [3.8, 4) is 0 Å². The maximum absolute atomic E-state index is 12.4. The number of rotatable bonds is 4. The number of fused-ring (bicyclic) bond motifs is 1. The lowest BCUT2D eigenvalue weighted by molar-refractivity contribution is -0.113. The Morgan fingerprint density at radius 1 is 1.00 bits per heavy atom. The number of Topliss-reactive ketones (excluding diaryl/α,β-unsaturated/α-hetero) is 1. The largest absolute Gasteiger partial charge is 0.295 e. The van der Waals surface area contributed by atoms with Crippen LogP contribution in [0.4, 0.5) is 0 Å². The highest BCUT2D eigenvalue weighted by atomic mass is 79.9. The Morgan fingerprint density at radius 3 is 2.08 bits per heavy atom. The lowest BCUT2D eigenvalue weighted by Crippen LogP contribution is -2.32. The molecule has 0 saturated carbocycles. The fourth-order valence-electron chi connectivity index (χ4n) is 2.59. The molecule has 5 heteroatoms. The molecule has 0 unspecified atom stereocenters. The van der Waals surface area contributed by atoms with Gasteiger partial charge in [0, 0.05) is 10.0 Å². The molecule has 3 rings (SSSR count). The van der Waals surface area contributed by atoms with E-state index in [1.165, 1.54) is 6.92 Å². The lowest BCUT2D eigenvalue weighted by atomic mass is 10.1. The van der Waals surface area contributed by atoms with E-state index in [4.69, 9.17) is 0 Å². The van der Waals surface area contributed by atoms with E-state index in [-0.39, 0.29) is 24.1 Å². The van der Waals surface area contributed by atoms with E-state index >= 15 is 0 Å². The molecule has 2 aromatic carbocycles. The van der Waals surface area contributed by atoms with E-state index in [0.29, 0.717) is 16.7 Å². The van der Waals surface area contributed by atoms with Crippen molar-refractivity contribution in [2.45, 2.75) is 6.92 Å². The Morgan fingerprint density at radius 2 is 1.54 bits per heavy atom. The van der Waals surface area contributed by atoms with E-state index in [1.54, 1.807) is 30.3 Å². The SMILES string of the molecule is CC(=O)/C(=C/c1ccccc1Br)CN1C(=O)c2ccccc2C1=O. The Labute approximate surface area is 147 Å². The molecular formula is C19H14BrNO3. The van der Waals surface area contributed by atoms with E-state index in [2.05, 4.69) is 15.9 Å². The van der Waals surface area contributed by atoms with Gasteiger partial charge in [-0.05, 0) is 36.8 Å². The van der Waals surface area contributed by atoms with Crippen molar-refractivity contribution in [3.05, 3.63) is 75.3 Å². The van der Waals surface area contributed by atoms with Crippen LogP contribution in [0.1, 0.15) is 33.2 Å². The zero-order valence-corrected chi connectivity index (χ0v) is 14.5. The first-order valence-electron chi connectivity index (χ1n) is 7.40. The average molecular weight is 384 g/mol. The van der Waals surface area contributed by atoms with Gasteiger partial charge in [-0.1, -0.05) is 46.3 Å². The molecule has 0 bridgehead atoms. The Bertz CT molecular complexity index is 851. The molecule has 4 nitrogen and oxygen atoms in total. The first kappa shape index (κ1) is 16.3. The number of benzene rings is 2. The Balaban J connectivity index is 1.94. The summed E-state index contributed by atoms with van der Waals surface area (Å²) in [6.45, 7) is 1.39. The van der Waals surface area contributed by atoms with Gasteiger partial charge in [0.2, 0.25) is 0 Å². The molecule has 120 valence electrons. The normalized spacial score (nSPS) is 14.1. The smallest absolute Gasteiger partial charge is 0.261 e. The Hall–Kier alpha value is -2.53. The Kier molecular flexibility index (Phi) is 4.44. The summed E-state index contributed by atoms with van der Waals surface area (Å²) in [6, 6.07) is 14.1. The maximum atomic E-state index is 12.4. The van der Waals surface area contributed by atoms with Crippen LogP contribution in [-0.2, 0) is 4.79 Å². The molecule has 2 aromatic rings. The average Bonchev–Trinajstić information content (AvgIpc) is 2.81. The summed E-state index contributed by atoms with van der Waals surface area (Å²) in [5, 5.41) is 0. The highest BCUT2D eigenvalue weighted by molar-refractivity contribution is 9.10. The number of nitrogens with zero attached hydrogens (tertiary/aromatic N) is 1. The van der Waals surface area contributed by atoms with Crippen LogP contribution in [0, 0.1) is 0 Å². The van der Waals surface area contributed by atoms with Gasteiger partial charge in [-0.2, -0.15) is 0 Å². The molecule has 2 amide bonds. The summed E-state index contributed by atoms with van der Waals surface area (Å²) < 4.78 is 0.839. The second kappa shape index (κ2) is 6.53. The van der Waals surface area contributed by atoms with Crippen LogP contribution in [0.25, 0.3) is 6.08 Å². The molecule has 0 radical (unpaired) electrons. The molecule has 1 heterocycles. The second-order valence-electron chi connectivity index (χ2n) is 5.49. The van der Waals surface area contributed by atoms with Crippen molar-refractivity contribution in [3.63, 3.8) is 0 Å². The molecule has 0 aliphatic carbocycles. The van der Waals surface area contributed by atoms with Crippen LogP contribution in [0.5, 0.6) is 0 Å². The predicted octanol–water partition coefficient (Wildman–Crippen LogP) is 3.72. The summed E-state index contributed by atoms with van der Waals surface area (Å²) in [5.41, 5.74) is 1.98. The number of carbonyl (C=O) groups excluding carboxylic acids is 3. The minimum absolute atomic E-state index is 0.0387. The van der Waals surface area contributed by atoms with E-state index in [1.807, 2.05) is 24.3 Å². The van der Waals surface area contributed by atoms with Gasteiger partial charge in [0.25, 0.3) is 11.8 Å². The number of carbonyl (C=O) groups is 3. The lowest BCUT2D eigenvalue weighted by Gasteiger charge is -2.15. The summed E-state index contributed by atoms with van der Waals surface area (Å²) in [4.78, 5) is 38.0. The molecule has 1 aliphatic heterocycles. The highest BCUT2D eigenvalue weighted by Gasteiger charge is 2.35. The third-order valence-corrected chi connectivity index (χ3v) is 4.62. The molecule has 0 aromatic heterocycles. The van der Waals surface area contributed by atoms with Crippen LogP contribution in [-0.4, -0.2) is 29.0 Å². The minimum atomic E-state index is -0.366. The summed E-state index contributed by atoms with van der Waals surface area (Å²) in [6.07, 6.45) is 1.70. The van der Waals surface area contributed by atoms with E-state index in [9.17, 15) is 14.4 Å². The van der Waals surface area contributed by atoms with Crippen molar-refractivity contribution in [1.29, 1.82) is 0 Å². The summed E-state index contributed by atoms with van der Waals surface area (Å²) in [5.74, 6) is -0.910. The monoisotopic (exact) mass is 383 g/mol. The van der Waals surface area contributed by atoms with Gasteiger partial charge in [-0.25, -0.2) is 0 Å².